The van der Waals surface area contributed by atoms with Gasteiger partial charge in [-0.2, -0.15) is 0 Å². The number of ether oxygens (including phenoxy) is 3. The Morgan fingerprint density at radius 2 is 1.91 bits per heavy atom. The fourth-order valence-corrected chi connectivity index (χ4v) is 5.07. The molecule has 0 saturated carbocycles. The minimum Gasteiger partial charge on any atom is -0.493 e. The lowest BCUT2D eigenvalue weighted by molar-refractivity contribution is -0.139. The van der Waals surface area contributed by atoms with E-state index in [1.54, 1.807) is 31.6 Å². The van der Waals surface area contributed by atoms with Crippen LogP contribution in [0.15, 0.2) is 69.6 Å². The molecule has 1 aromatic heterocycles. The summed E-state index contributed by atoms with van der Waals surface area (Å²) in [5.41, 5.74) is 2.30. The molecule has 35 heavy (non-hydrogen) atoms. The molecule has 8 heteroatoms. The van der Waals surface area contributed by atoms with Crippen molar-refractivity contribution in [2.75, 3.05) is 13.7 Å². The first-order chi connectivity index (χ1) is 16.8. The number of methoxy groups -OCH3 is 1. The lowest BCUT2D eigenvalue weighted by atomic mass is 9.96. The molecular formula is C27H28N2O5S. The molecule has 0 spiro atoms. The lowest BCUT2D eigenvalue weighted by Gasteiger charge is -2.24. The van der Waals surface area contributed by atoms with Gasteiger partial charge in [-0.1, -0.05) is 47.7 Å². The molecule has 0 unspecified atom stereocenters. The van der Waals surface area contributed by atoms with Crippen LogP contribution in [0.3, 0.4) is 0 Å². The van der Waals surface area contributed by atoms with Gasteiger partial charge < -0.3 is 14.2 Å². The van der Waals surface area contributed by atoms with Crippen molar-refractivity contribution in [2.45, 2.75) is 39.8 Å². The second-order valence-electron chi connectivity index (χ2n) is 8.29. The van der Waals surface area contributed by atoms with Gasteiger partial charge in [0, 0.05) is 0 Å². The van der Waals surface area contributed by atoms with E-state index in [2.05, 4.69) is 4.99 Å². The van der Waals surface area contributed by atoms with Gasteiger partial charge in [0.25, 0.3) is 5.56 Å². The van der Waals surface area contributed by atoms with E-state index in [1.165, 1.54) is 11.3 Å². The van der Waals surface area contributed by atoms with Crippen LogP contribution in [-0.2, 0) is 9.53 Å². The predicted molar refractivity (Wildman–Crippen MR) is 136 cm³/mol. The second kappa shape index (κ2) is 10.3. The summed E-state index contributed by atoms with van der Waals surface area (Å²) >= 11 is 1.28. The molecule has 1 aliphatic rings. The van der Waals surface area contributed by atoms with Crippen LogP contribution >= 0.6 is 11.3 Å². The van der Waals surface area contributed by atoms with E-state index < -0.39 is 12.0 Å². The number of thiazole rings is 1. The standard InChI is InChI=1S/C27H28N2O5S/c1-6-33-26(31)23-17(4)28-27-29(24(23)19-10-8-7-9-11-19)25(30)22(35-27)15-18-12-13-20(34-16(2)3)21(14-18)32-5/h7-16,24H,6H2,1-5H3/b22-15-/t24-/m1/s1. The van der Waals surface area contributed by atoms with Crippen LogP contribution in [0.5, 0.6) is 11.5 Å². The molecule has 1 aliphatic heterocycles. The Morgan fingerprint density at radius 1 is 1.17 bits per heavy atom. The minimum absolute atomic E-state index is 0.00765. The highest BCUT2D eigenvalue weighted by molar-refractivity contribution is 7.07. The summed E-state index contributed by atoms with van der Waals surface area (Å²) in [7, 11) is 1.58. The van der Waals surface area contributed by atoms with Gasteiger partial charge in [0.1, 0.15) is 0 Å². The monoisotopic (exact) mass is 492 g/mol. The Bertz CT molecular complexity index is 1450. The highest BCUT2D eigenvalue weighted by atomic mass is 32.1. The normalized spacial score (nSPS) is 15.6. The molecule has 0 bridgehead atoms. The number of aromatic nitrogens is 1. The van der Waals surface area contributed by atoms with Crippen LogP contribution in [-0.4, -0.2) is 30.4 Å². The number of benzene rings is 2. The molecule has 0 aliphatic carbocycles. The number of hydrogen-bond acceptors (Lipinski definition) is 7. The van der Waals surface area contributed by atoms with Crippen molar-refractivity contribution < 1.29 is 19.0 Å². The zero-order valence-electron chi connectivity index (χ0n) is 20.4. The van der Waals surface area contributed by atoms with E-state index in [9.17, 15) is 9.59 Å². The van der Waals surface area contributed by atoms with E-state index in [1.807, 2.05) is 62.4 Å². The molecule has 0 N–H and O–H groups in total. The maximum atomic E-state index is 13.7. The summed E-state index contributed by atoms with van der Waals surface area (Å²) in [5, 5.41) is 0. The van der Waals surface area contributed by atoms with Gasteiger partial charge in [0.05, 0.1) is 41.7 Å². The molecule has 3 aromatic rings. The average molecular weight is 493 g/mol. The third-order valence-corrected chi connectivity index (χ3v) is 6.46. The first-order valence-corrected chi connectivity index (χ1v) is 12.2. The largest absolute Gasteiger partial charge is 0.493 e. The molecule has 0 amide bonds. The number of hydrogen-bond donors (Lipinski definition) is 0. The summed E-state index contributed by atoms with van der Waals surface area (Å²) in [6.07, 6.45) is 1.81. The highest BCUT2D eigenvalue weighted by Gasteiger charge is 2.33. The summed E-state index contributed by atoms with van der Waals surface area (Å²) in [6, 6.07) is 14.4. The van der Waals surface area contributed by atoms with Crippen molar-refractivity contribution >= 4 is 23.4 Å². The van der Waals surface area contributed by atoms with Gasteiger partial charge in [-0.25, -0.2) is 9.79 Å². The number of carbonyl (C=O) groups excluding carboxylic acids is 1. The number of fused-ring (bicyclic) bond motifs is 1. The molecule has 2 aromatic carbocycles. The quantitative estimate of drug-likeness (QED) is 0.471. The summed E-state index contributed by atoms with van der Waals surface area (Å²) in [6.45, 7) is 7.66. The van der Waals surface area contributed by atoms with E-state index in [4.69, 9.17) is 14.2 Å². The van der Waals surface area contributed by atoms with Crippen LogP contribution in [0.1, 0.15) is 44.9 Å². The van der Waals surface area contributed by atoms with E-state index >= 15 is 0 Å². The number of nitrogens with zero attached hydrogens (tertiary/aromatic N) is 2. The molecule has 4 rings (SSSR count). The van der Waals surface area contributed by atoms with Gasteiger partial charge in [-0.05, 0) is 57.0 Å². The summed E-state index contributed by atoms with van der Waals surface area (Å²) in [4.78, 5) is 31.7. The summed E-state index contributed by atoms with van der Waals surface area (Å²) < 4.78 is 18.7. The van der Waals surface area contributed by atoms with Crippen LogP contribution in [0.2, 0.25) is 0 Å². The zero-order valence-corrected chi connectivity index (χ0v) is 21.2. The van der Waals surface area contributed by atoms with Crippen LogP contribution in [0.25, 0.3) is 6.08 Å². The van der Waals surface area contributed by atoms with Crippen molar-refractivity contribution in [3.05, 3.63) is 90.6 Å². The van der Waals surface area contributed by atoms with Gasteiger partial charge in [-0.15, -0.1) is 0 Å². The smallest absolute Gasteiger partial charge is 0.338 e. The molecule has 0 radical (unpaired) electrons. The molecule has 1 atom stereocenters. The second-order valence-corrected chi connectivity index (χ2v) is 9.30. The molecule has 2 heterocycles. The van der Waals surface area contributed by atoms with Crippen LogP contribution < -0.4 is 24.4 Å². The Hall–Kier alpha value is -3.65. The molecule has 0 fully saturated rings. The lowest BCUT2D eigenvalue weighted by Crippen LogP contribution is -2.39. The molecule has 0 saturated heterocycles. The SMILES string of the molecule is CCOC(=O)C1=C(C)N=c2s/c(=C\c3ccc(OC(C)C)c(OC)c3)c(=O)n2[C@@H]1c1ccccc1. The third kappa shape index (κ3) is 4.93. The van der Waals surface area contributed by atoms with Crippen molar-refractivity contribution in [3.8, 4) is 11.5 Å². The van der Waals surface area contributed by atoms with Gasteiger partial charge in [0.15, 0.2) is 16.3 Å². The number of carbonyl (C=O) groups is 1. The van der Waals surface area contributed by atoms with Gasteiger partial charge in [-0.3, -0.25) is 9.36 Å². The van der Waals surface area contributed by atoms with Crippen molar-refractivity contribution in [1.29, 1.82) is 0 Å². The van der Waals surface area contributed by atoms with Crippen LogP contribution in [0, 0.1) is 0 Å². The van der Waals surface area contributed by atoms with Crippen molar-refractivity contribution in [3.63, 3.8) is 0 Å². The van der Waals surface area contributed by atoms with Crippen molar-refractivity contribution in [1.82, 2.24) is 4.57 Å². The van der Waals surface area contributed by atoms with Gasteiger partial charge >= 0.3 is 5.97 Å². The minimum atomic E-state index is -0.620. The number of esters is 1. The van der Waals surface area contributed by atoms with E-state index in [0.717, 1.165) is 11.1 Å². The average Bonchev–Trinajstić information content (AvgIpc) is 3.13. The zero-order chi connectivity index (χ0) is 25.1. The molecular weight excluding hydrogens is 464 g/mol. The molecule has 182 valence electrons. The third-order valence-electron chi connectivity index (χ3n) is 5.48. The molecule has 7 nitrogen and oxygen atoms in total. The predicted octanol–water partition coefficient (Wildman–Crippen LogP) is 3.59. The Kier molecular flexibility index (Phi) is 7.21. The first-order valence-electron chi connectivity index (χ1n) is 11.4. The highest BCUT2D eigenvalue weighted by Crippen LogP contribution is 2.31. The fraction of sp³-hybridized carbons (Fsp3) is 0.296. The van der Waals surface area contributed by atoms with Gasteiger partial charge in [0.2, 0.25) is 0 Å². The fourth-order valence-electron chi connectivity index (χ4n) is 4.02. The van der Waals surface area contributed by atoms with E-state index in [-0.39, 0.29) is 18.3 Å². The van der Waals surface area contributed by atoms with E-state index in [0.29, 0.717) is 32.1 Å². The first kappa shape index (κ1) is 24.5. The summed E-state index contributed by atoms with van der Waals surface area (Å²) in [5.74, 6) is 0.755. The Labute approximate surface area is 207 Å². The van der Waals surface area contributed by atoms with Crippen LogP contribution in [0.4, 0.5) is 0 Å². The van der Waals surface area contributed by atoms with Crippen molar-refractivity contribution in [2.24, 2.45) is 4.99 Å². The topological polar surface area (TPSA) is 79.1 Å². The maximum absolute atomic E-state index is 13.7. The Balaban J connectivity index is 1.87. The number of allylic oxidation sites excluding steroid dienone is 1. The number of rotatable bonds is 7. The Morgan fingerprint density at radius 3 is 2.57 bits per heavy atom. The maximum Gasteiger partial charge on any atom is 0.338 e.